The lowest BCUT2D eigenvalue weighted by molar-refractivity contribution is 0.0942. The lowest BCUT2D eigenvalue weighted by Gasteiger charge is -2.10. The van der Waals surface area contributed by atoms with E-state index in [0.29, 0.717) is 0 Å². The number of primary sulfonamides is 1. The van der Waals surface area contributed by atoms with Crippen LogP contribution in [0.1, 0.15) is 30.6 Å². The van der Waals surface area contributed by atoms with E-state index in [9.17, 15) is 17.6 Å². The van der Waals surface area contributed by atoms with Gasteiger partial charge in [0.25, 0.3) is 5.91 Å². The maximum absolute atomic E-state index is 13.8. The molecule has 0 spiro atoms. The van der Waals surface area contributed by atoms with E-state index in [-0.39, 0.29) is 26.4 Å². The molecule has 0 radical (unpaired) electrons. The van der Waals surface area contributed by atoms with Crippen LogP contribution in [0.25, 0.3) is 0 Å². The van der Waals surface area contributed by atoms with E-state index in [1.54, 1.807) is 0 Å². The highest BCUT2D eigenvalue weighted by molar-refractivity contribution is 9.10. The summed E-state index contributed by atoms with van der Waals surface area (Å²) in [5.41, 5.74) is -0.343. The van der Waals surface area contributed by atoms with Crippen molar-refractivity contribution in [3.8, 4) is 0 Å². The first-order chi connectivity index (χ1) is 9.02. The fourth-order valence-corrected chi connectivity index (χ4v) is 3.48. The van der Waals surface area contributed by atoms with E-state index in [0.717, 1.165) is 18.6 Å². The monoisotopic (exact) mass is 364 g/mol. The van der Waals surface area contributed by atoms with E-state index in [4.69, 9.17) is 5.14 Å². The number of benzene rings is 1. The fourth-order valence-electron chi connectivity index (χ4n) is 1.87. The van der Waals surface area contributed by atoms with Crippen molar-refractivity contribution in [3.63, 3.8) is 0 Å². The number of nitrogens with one attached hydrogen (secondary N) is 1. The van der Waals surface area contributed by atoms with E-state index in [1.807, 2.05) is 13.8 Å². The largest absolute Gasteiger partial charge is 0.349 e. The van der Waals surface area contributed by atoms with Gasteiger partial charge < -0.3 is 5.32 Å². The molecular weight excluding hydrogens is 351 g/mol. The van der Waals surface area contributed by atoms with Crippen molar-refractivity contribution in [2.45, 2.75) is 31.2 Å². The number of sulfonamides is 1. The molecule has 1 aliphatic carbocycles. The lowest BCUT2D eigenvalue weighted by Crippen LogP contribution is -2.29. The molecule has 1 unspecified atom stereocenters. The average Bonchev–Trinajstić information content (AvgIpc) is 2.83. The van der Waals surface area contributed by atoms with E-state index >= 15 is 0 Å². The highest BCUT2D eigenvalue weighted by atomic mass is 79.9. The molecule has 2 rings (SSSR count). The Morgan fingerprint density at radius 3 is 2.50 bits per heavy atom. The normalized spacial score (nSPS) is 20.6. The highest BCUT2D eigenvalue weighted by Crippen LogP contribution is 2.44. The van der Waals surface area contributed by atoms with E-state index < -0.39 is 21.7 Å². The standard InChI is InChI=1S/C12H14BrFN2O3S/c1-12(2)5-10(12)16-11(17)6-3-9(20(15,18)19)7(13)4-8(6)14/h3-4,10H,5H2,1-2H3,(H,16,17)(H2,15,18,19). The van der Waals surface area contributed by atoms with Gasteiger partial charge in [-0.05, 0) is 39.9 Å². The molecule has 8 heteroatoms. The minimum absolute atomic E-state index is 0.00965. The Bertz CT molecular complexity index is 688. The smallest absolute Gasteiger partial charge is 0.254 e. The van der Waals surface area contributed by atoms with Gasteiger partial charge in [0.2, 0.25) is 10.0 Å². The first-order valence-electron chi connectivity index (χ1n) is 5.85. The van der Waals surface area contributed by atoms with Crippen LogP contribution >= 0.6 is 15.9 Å². The van der Waals surface area contributed by atoms with Crippen molar-refractivity contribution in [3.05, 3.63) is 28.0 Å². The van der Waals surface area contributed by atoms with Gasteiger partial charge in [0.05, 0.1) is 10.5 Å². The molecule has 1 aliphatic rings. The van der Waals surface area contributed by atoms with Gasteiger partial charge >= 0.3 is 0 Å². The van der Waals surface area contributed by atoms with Crippen LogP contribution in [0.15, 0.2) is 21.5 Å². The number of amides is 1. The Morgan fingerprint density at radius 1 is 1.50 bits per heavy atom. The van der Waals surface area contributed by atoms with E-state index in [1.165, 1.54) is 0 Å². The number of nitrogens with two attached hydrogens (primary N) is 1. The number of hydrogen-bond donors (Lipinski definition) is 2. The van der Waals surface area contributed by atoms with Gasteiger partial charge in [-0.2, -0.15) is 0 Å². The fraction of sp³-hybridized carbons (Fsp3) is 0.417. The lowest BCUT2D eigenvalue weighted by atomic mass is 10.1. The zero-order valence-corrected chi connectivity index (χ0v) is 13.3. The van der Waals surface area contributed by atoms with Crippen LogP contribution < -0.4 is 10.5 Å². The summed E-state index contributed by atoms with van der Waals surface area (Å²) in [6.45, 7) is 3.96. The van der Waals surface area contributed by atoms with Gasteiger partial charge in [-0.3, -0.25) is 4.79 Å². The summed E-state index contributed by atoms with van der Waals surface area (Å²) in [7, 11) is -4.04. The number of carbonyl (C=O) groups is 1. The van der Waals surface area contributed by atoms with Gasteiger partial charge in [0, 0.05) is 10.5 Å². The van der Waals surface area contributed by atoms with Gasteiger partial charge in [-0.25, -0.2) is 17.9 Å². The molecule has 0 aromatic heterocycles. The second-order valence-corrected chi connectivity index (χ2v) is 7.91. The molecule has 1 aromatic carbocycles. The average molecular weight is 365 g/mol. The topological polar surface area (TPSA) is 89.3 Å². The molecule has 5 nitrogen and oxygen atoms in total. The van der Waals surface area contributed by atoms with Gasteiger partial charge in [-0.15, -0.1) is 0 Å². The zero-order chi connectivity index (χ0) is 15.3. The number of carbonyl (C=O) groups excluding carboxylic acids is 1. The summed E-state index contributed by atoms with van der Waals surface area (Å²) in [4.78, 5) is 11.7. The molecule has 1 atom stereocenters. The summed E-state index contributed by atoms with van der Waals surface area (Å²) in [6.07, 6.45) is 0.804. The maximum Gasteiger partial charge on any atom is 0.254 e. The van der Waals surface area contributed by atoms with Crippen molar-refractivity contribution in [1.82, 2.24) is 5.32 Å². The molecule has 1 aromatic rings. The summed E-state index contributed by atoms with van der Waals surface area (Å²) in [6, 6.07) is 1.84. The Morgan fingerprint density at radius 2 is 2.05 bits per heavy atom. The molecule has 0 bridgehead atoms. The number of hydrogen-bond acceptors (Lipinski definition) is 3. The predicted molar refractivity (Wildman–Crippen MR) is 75.1 cm³/mol. The van der Waals surface area contributed by atoms with Gasteiger partial charge in [0.15, 0.2) is 0 Å². The molecule has 1 amide bonds. The molecule has 0 aliphatic heterocycles. The molecule has 1 saturated carbocycles. The van der Waals surface area contributed by atoms with Crippen molar-refractivity contribution < 1.29 is 17.6 Å². The van der Waals surface area contributed by atoms with Gasteiger partial charge in [-0.1, -0.05) is 13.8 Å². The predicted octanol–water partition coefficient (Wildman–Crippen LogP) is 1.76. The van der Waals surface area contributed by atoms with Crippen molar-refractivity contribution in [2.75, 3.05) is 0 Å². The minimum Gasteiger partial charge on any atom is -0.349 e. The summed E-state index contributed by atoms with van der Waals surface area (Å²) in [5.74, 6) is -1.45. The molecule has 0 heterocycles. The van der Waals surface area contributed by atoms with Gasteiger partial charge in [0.1, 0.15) is 5.82 Å². The van der Waals surface area contributed by atoms with Crippen molar-refractivity contribution >= 4 is 31.9 Å². The Kier molecular flexibility index (Phi) is 3.68. The third-order valence-electron chi connectivity index (χ3n) is 3.39. The maximum atomic E-state index is 13.8. The van der Waals surface area contributed by atoms with Crippen molar-refractivity contribution in [2.24, 2.45) is 10.6 Å². The third kappa shape index (κ3) is 3.02. The highest BCUT2D eigenvalue weighted by Gasteiger charge is 2.46. The second kappa shape index (κ2) is 4.78. The molecule has 20 heavy (non-hydrogen) atoms. The Balaban J connectivity index is 2.34. The van der Waals surface area contributed by atoms with Crippen LogP contribution in [-0.2, 0) is 10.0 Å². The first-order valence-corrected chi connectivity index (χ1v) is 8.19. The molecule has 110 valence electrons. The SMILES string of the molecule is CC1(C)CC1NC(=O)c1cc(S(N)(=O)=O)c(Br)cc1F. The summed E-state index contributed by atoms with van der Waals surface area (Å²) < 4.78 is 36.5. The quantitative estimate of drug-likeness (QED) is 0.856. The van der Waals surface area contributed by atoms with Crippen LogP contribution in [0.5, 0.6) is 0 Å². The molecular formula is C12H14BrFN2O3S. The van der Waals surface area contributed by atoms with Crippen LogP contribution in [-0.4, -0.2) is 20.4 Å². The third-order valence-corrected chi connectivity index (χ3v) is 5.26. The van der Waals surface area contributed by atoms with Crippen molar-refractivity contribution in [1.29, 1.82) is 0 Å². The van der Waals surface area contributed by atoms with Crippen LogP contribution in [0.3, 0.4) is 0 Å². The van der Waals surface area contributed by atoms with Crippen LogP contribution in [0.4, 0.5) is 4.39 Å². The number of halogens is 2. The van der Waals surface area contributed by atoms with E-state index in [2.05, 4.69) is 21.2 Å². The zero-order valence-electron chi connectivity index (χ0n) is 10.9. The molecule has 0 saturated heterocycles. The molecule has 3 N–H and O–H groups in total. The Labute approximate surface area is 124 Å². The Hall–Kier alpha value is -0.990. The summed E-state index contributed by atoms with van der Waals surface area (Å²) in [5, 5.41) is 7.69. The first kappa shape index (κ1) is 15.4. The van der Waals surface area contributed by atoms with Crippen LogP contribution in [0.2, 0.25) is 0 Å². The second-order valence-electron chi connectivity index (χ2n) is 5.53. The molecule has 1 fully saturated rings. The van der Waals surface area contributed by atoms with Crippen LogP contribution in [0, 0.1) is 11.2 Å². The summed E-state index contributed by atoms with van der Waals surface area (Å²) >= 11 is 2.92. The minimum atomic E-state index is -4.04. The number of rotatable bonds is 3.